The molecule has 1 aliphatic rings. The molecule has 0 spiro atoms. The average Bonchev–Trinajstić information content (AvgIpc) is 2.48. The summed E-state index contributed by atoms with van der Waals surface area (Å²) in [6.07, 6.45) is -0.0889. The van der Waals surface area contributed by atoms with Gasteiger partial charge in [0.05, 0.1) is 25.9 Å². The number of hydrogen-bond acceptors (Lipinski definition) is 4. The van der Waals surface area contributed by atoms with Crippen molar-refractivity contribution in [3.63, 3.8) is 0 Å². The highest BCUT2D eigenvalue weighted by Gasteiger charge is 2.27. The molecule has 1 saturated heterocycles. The van der Waals surface area contributed by atoms with E-state index in [0.29, 0.717) is 32.9 Å². The van der Waals surface area contributed by atoms with Crippen LogP contribution >= 0.6 is 12.4 Å². The van der Waals surface area contributed by atoms with E-state index in [0.717, 1.165) is 5.56 Å². The molecule has 0 radical (unpaired) electrons. The molecule has 21 heavy (non-hydrogen) atoms. The Morgan fingerprint density at radius 3 is 2.90 bits per heavy atom. The third kappa shape index (κ3) is 6.01. The largest absolute Gasteiger partial charge is 0.375 e. The van der Waals surface area contributed by atoms with E-state index in [1.807, 2.05) is 37.3 Å². The van der Waals surface area contributed by atoms with E-state index in [1.165, 1.54) is 0 Å². The predicted molar refractivity (Wildman–Crippen MR) is 83.6 cm³/mol. The zero-order valence-corrected chi connectivity index (χ0v) is 13.0. The molecular formula is C15H23ClN2O3. The number of carbonyl (C=O) groups excluding carboxylic acids is 1. The Balaban J connectivity index is 0.00000220. The van der Waals surface area contributed by atoms with Crippen LogP contribution in [0.2, 0.25) is 0 Å². The molecule has 0 aliphatic carbocycles. The van der Waals surface area contributed by atoms with Crippen molar-refractivity contribution < 1.29 is 14.3 Å². The van der Waals surface area contributed by atoms with Crippen molar-refractivity contribution in [2.24, 2.45) is 0 Å². The summed E-state index contributed by atoms with van der Waals surface area (Å²) in [6.45, 7) is 4.86. The quantitative estimate of drug-likeness (QED) is 0.773. The number of halogens is 1. The van der Waals surface area contributed by atoms with Crippen LogP contribution in [-0.4, -0.2) is 44.4 Å². The molecule has 118 valence electrons. The van der Waals surface area contributed by atoms with Crippen molar-refractivity contribution in [3.8, 4) is 0 Å². The highest BCUT2D eigenvalue weighted by atomic mass is 35.5. The second-order valence-corrected chi connectivity index (χ2v) is 4.84. The third-order valence-corrected chi connectivity index (χ3v) is 3.26. The number of amides is 1. The molecule has 1 amide bonds. The van der Waals surface area contributed by atoms with Gasteiger partial charge in [0.2, 0.25) is 5.91 Å². The first kappa shape index (κ1) is 17.9. The minimum atomic E-state index is -0.266. The molecule has 0 aromatic heterocycles. The molecule has 1 fully saturated rings. The Morgan fingerprint density at radius 2 is 2.19 bits per heavy atom. The van der Waals surface area contributed by atoms with Gasteiger partial charge < -0.3 is 20.1 Å². The lowest BCUT2D eigenvalue weighted by Gasteiger charge is -2.29. The molecule has 1 aliphatic heterocycles. The molecule has 0 bridgehead atoms. The fourth-order valence-electron chi connectivity index (χ4n) is 2.15. The average molecular weight is 315 g/mol. The topological polar surface area (TPSA) is 59.6 Å². The maximum atomic E-state index is 11.9. The van der Waals surface area contributed by atoms with Gasteiger partial charge >= 0.3 is 0 Å². The Kier molecular flexibility index (Phi) is 8.30. The van der Waals surface area contributed by atoms with E-state index in [4.69, 9.17) is 9.47 Å². The second kappa shape index (κ2) is 9.73. The van der Waals surface area contributed by atoms with Gasteiger partial charge in [-0.05, 0) is 12.5 Å². The second-order valence-electron chi connectivity index (χ2n) is 4.84. The molecule has 1 aromatic carbocycles. The lowest BCUT2D eigenvalue weighted by molar-refractivity contribution is -0.129. The highest BCUT2D eigenvalue weighted by Crippen LogP contribution is 2.04. The van der Waals surface area contributed by atoms with Gasteiger partial charge in [0.25, 0.3) is 0 Å². The van der Waals surface area contributed by atoms with E-state index in [1.54, 1.807) is 0 Å². The highest BCUT2D eigenvalue weighted by molar-refractivity contribution is 5.85. The maximum absolute atomic E-state index is 11.9. The minimum Gasteiger partial charge on any atom is -0.375 e. The number of nitrogens with one attached hydrogen (secondary N) is 2. The van der Waals surface area contributed by atoms with Gasteiger partial charge in [-0.25, -0.2) is 0 Å². The van der Waals surface area contributed by atoms with E-state index in [9.17, 15) is 4.79 Å². The molecule has 2 atom stereocenters. The normalized spacial score (nSPS) is 21.4. The Hall–Kier alpha value is -1.14. The number of carbonyl (C=O) groups is 1. The summed E-state index contributed by atoms with van der Waals surface area (Å²) in [5, 5.41) is 6.02. The van der Waals surface area contributed by atoms with Crippen LogP contribution in [0.3, 0.4) is 0 Å². The van der Waals surface area contributed by atoms with Crippen LogP contribution in [-0.2, 0) is 20.9 Å². The zero-order chi connectivity index (χ0) is 14.2. The Bertz CT molecular complexity index is 417. The lowest BCUT2D eigenvalue weighted by Crippen LogP contribution is -2.55. The summed E-state index contributed by atoms with van der Waals surface area (Å²) in [5.74, 6) is -0.0273. The van der Waals surface area contributed by atoms with Gasteiger partial charge in [-0.2, -0.15) is 0 Å². The summed E-state index contributed by atoms with van der Waals surface area (Å²) in [5.41, 5.74) is 1.13. The van der Waals surface area contributed by atoms with E-state index >= 15 is 0 Å². The van der Waals surface area contributed by atoms with Crippen LogP contribution in [0.15, 0.2) is 30.3 Å². The van der Waals surface area contributed by atoms with Crippen LogP contribution in [0.5, 0.6) is 0 Å². The third-order valence-electron chi connectivity index (χ3n) is 3.26. The molecule has 6 heteroatoms. The number of hydrogen-bond donors (Lipinski definition) is 2. The van der Waals surface area contributed by atoms with Crippen molar-refractivity contribution in [2.45, 2.75) is 25.7 Å². The van der Waals surface area contributed by atoms with Gasteiger partial charge in [0, 0.05) is 13.1 Å². The summed E-state index contributed by atoms with van der Waals surface area (Å²) in [7, 11) is 0. The van der Waals surface area contributed by atoms with E-state index < -0.39 is 0 Å². The van der Waals surface area contributed by atoms with Gasteiger partial charge in [-0.1, -0.05) is 30.3 Å². The number of benzene rings is 1. The van der Waals surface area contributed by atoms with E-state index in [-0.39, 0.29) is 30.5 Å². The molecular weight excluding hydrogens is 292 g/mol. The Morgan fingerprint density at radius 1 is 1.43 bits per heavy atom. The van der Waals surface area contributed by atoms with Gasteiger partial charge in [0.15, 0.2) is 0 Å². The van der Waals surface area contributed by atoms with Gasteiger partial charge in [-0.15, -0.1) is 12.4 Å². The monoisotopic (exact) mass is 314 g/mol. The van der Waals surface area contributed by atoms with Crippen molar-refractivity contribution in [1.29, 1.82) is 0 Å². The number of morpholine rings is 1. The predicted octanol–water partition coefficient (Wildman–Crippen LogP) is 1.12. The first-order valence-electron chi connectivity index (χ1n) is 7.02. The van der Waals surface area contributed by atoms with E-state index in [2.05, 4.69) is 10.6 Å². The van der Waals surface area contributed by atoms with Crippen LogP contribution in [0.4, 0.5) is 0 Å². The fraction of sp³-hybridized carbons (Fsp3) is 0.533. The summed E-state index contributed by atoms with van der Waals surface area (Å²) >= 11 is 0. The van der Waals surface area contributed by atoms with Crippen molar-refractivity contribution >= 4 is 18.3 Å². The van der Waals surface area contributed by atoms with Gasteiger partial charge in [-0.3, -0.25) is 4.79 Å². The van der Waals surface area contributed by atoms with Gasteiger partial charge in [0.1, 0.15) is 6.04 Å². The van der Waals surface area contributed by atoms with Crippen molar-refractivity contribution in [1.82, 2.24) is 10.6 Å². The van der Waals surface area contributed by atoms with Crippen LogP contribution < -0.4 is 10.6 Å². The zero-order valence-electron chi connectivity index (χ0n) is 12.2. The van der Waals surface area contributed by atoms with Crippen molar-refractivity contribution in [2.75, 3.05) is 26.3 Å². The summed E-state index contributed by atoms with van der Waals surface area (Å²) in [6, 6.07) is 9.71. The standard InChI is InChI=1S/C15H22N2O3.ClH/c1-12-14(16-8-10-20-12)15(18)17-7-9-19-11-13-5-3-2-4-6-13;/h2-6,12,14,16H,7-11H2,1H3,(H,17,18);1H/t12-,14+;/m1./s1. The number of rotatable bonds is 6. The Labute approximate surface area is 131 Å². The first-order valence-corrected chi connectivity index (χ1v) is 7.02. The summed E-state index contributed by atoms with van der Waals surface area (Å²) < 4.78 is 11.0. The molecule has 2 N–H and O–H groups in total. The minimum absolute atomic E-state index is 0. The van der Waals surface area contributed by atoms with Crippen LogP contribution in [0, 0.1) is 0 Å². The molecule has 0 saturated carbocycles. The molecule has 1 heterocycles. The molecule has 0 unspecified atom stereocenters. The van der Waals surface area contributed by atoms with Crippen molar-refractivity contribution in [3.05, 3.63) is 35.9 Å². The smallest absolute Gasteiger partial charge is 0.239 e. The lowest BCUT2D eigenvalue weighted by atomic mass is 10.1. The fourth-order valence-corrected chi connectivity index (χ4v) is 2.15. The SMILES string of the molecule is C[C@H]1OCCN[C@@H]1C(=O)NCCOCc1ccccc1.Cl. The maximum Gasteiger partial charge on any atom is 0.239 e. The molecule has 1 aromatic rings. The summed E-state index contributed by atoms with van der Waals surface area (Å²) in [4.78, 5) is 11.9. The number of ether oxygens (including phenoxy) is 2. The van der Waals surface area contributed by atoms with Crippen LogP contribution in [0.25, 0.3) is 0 Å². The molecule has 2 rings (SSSR count). The molecule has 5 nitrogen and oxygen atoms in total. The van der Waals surface area contributed by atoms with Crippen LogP contribution in [0.1, 0.15) is 12.5 Å². The first-order chi connectivity index (χ1) is 9.77.